The number of hydrogen-bond donors (Lipinski definition) is 2. The minimum Gasteiger partial charge on any atom is -0.480 e. The molecule has 0 radical (unpaired) electrons. The number of carbonyl (C=O) groups excluding carboxylic acids is 4. The number of hydrogen-bond acceptors (Lipinski definition) is 6. The summed E-state index contributed by atoms with van der Waals surface area (Å²) in [5, 5.41) is 18.6. The number of carboxylic acid groups (broad SMARTS) is 2. The van der Waals surface area contributed by atoms with E-state index in [1.54, 1.807) is 0 Å². The zero-order valence-corrected chi connectivity index (χ0v) is 11.6. The molecular formula is C12H8N4O8. The van der Waals surface area contributed by atoms with Gasteiger partial charge in [0.25, 0.3) is 0 Å². The van der Waals surface area contributed by atoms with Crippen molar-refractivity contribution in [1.82, 2.24) is 0 Å². The molecule has 124 valence electrons. The molecule has 24 heavy (non-hydrogen) atoms. The summed E-state index contributed by atoms with van der Waals surface area (Å²) in [5.74, 6) is -7.31. The van der Waals surface area contributed by atoms with E-state index in [4.69, 9.17) is 0 Å². The van der Waals surface area contributed by atoms with Gasteiger partial charge in [-0.1, -0.05) is 0 Å². The van der Waals surface area contributed by atoms with Crippen LogP contribution in [0.3, 0.4) is 0 Å². The van der Waals surface area contributed by atoms with Crippen LogP contribution in [0.4, 0.5) is 0 Å². The molecule has 0 aromatic rings. The highest BCUT2D eigenvalue weighted by molar-refractivity contribution is 6.78. The Balaban J connectivity index is 3.92. The minimum atomic E-state index is -1.95. The normalized spacial score (nSPS) is 23.5. The van der Waals surface area contributed by atoms with Crippen molar-refractivity contribution in [2.24, 2.45) is 31.8 Å². The van der Waals surface area contributed by atoms with Crippen LogP contribution in [-0.4, -0.2) is 70.6 Å². The van der Waals surface area contributed by atoms with E-state index in [1.807, 2.05) is 0 Å². The summed E-state index contributed by atoms with van der Waals surface area (Å²) in [4.78, 5) is 78.5. The largest absolute Gasteiger partial charge is 0.480 e. The van der Waals surface area contributed by atoms with Crippen LogP contribution in [-0.2, 0) is 28.8 Å². The van der Waals surface area contributed by atoms with Crippen LogP contribution in [0.15, 0.2) is 20.0 Å². The van der Waals surface area contributed by atoms with Crippen LogP contribution in [0, 0.1) is 11.8 Å². The monoisotopic (exact) mass is 336 g/mol. The van der Waals surface area contributed by atoms with Gasteiger partial charge in [-0.25, -0.2) is 20.0 Å². The maximum absolute atomic E-state index is 11.5. The van der Waals surface area contributed by atoms with E-state index >= 15 is 0 Å². The standard InChI is InChI=1S/C12H8N4O8/c17-1-13-7-5(11(21)22)8(14-2-18)10(16-4-20)9(15-3-19)6(7)12(23)24/h1-6H,(H,21,22)(H,23,24). The molecule has 0 heterocycles. The molecule has 0 spiro atoms. The van der Waals surface area contributed by atoms with Crippen molar-refractivity contribution in [3.05, 3.63) is 0 Å². The van der Waals surface area contributed by atoms with E-state index < -0.39 is 46.6 Å². The van der Waals surface area contributed by atoms with Gasteiger partial charge in [-0.2, -0.15) is 0 Å². The van der Waals surface area contributed by atoms with Crippen molar-refractivity contribution in [3.8, 4) is 0 Å². The fraction of sp³-hybridized carbons (Fsp3) is 0.167. The van der Waals surface area contributed by atoms with Crippen molar-refractivity contribution in [2.45, 2.75) is 0 Å². The molecule has 0 bridgehead atoms. The first-order chi connectivity index (χ1) is 11.4. The SMILES string of the molecule is O=CN=C1C(=NC=O)C(C(=O)O)C(=NC=O)C(C(=O)O)C1=NC=O. The lowest BCUT2D eigenvalue weighted by molar-refractivity contribution is -0.138. The Bertz CT molecular complexity index is 685. The highest BCUT2D eigenvalue weighted by Gasteiger charge is 2.49. The van der Waals surface area contributed by atoms with Gasteiger partial charge < -0.3 is 10.2 Å². The summed E-state index contributed by atoms with van der Waals surface area (Å²) in [5.41, 5.74) is -2.77. The van der Waals surface area contributed by atoms with Gasteiger partial charge in [0, 0.05) is 0 Å². The molecule has 0 aromatic carbocycles. The van der Waals surface area contributed by atoms with Gasteiger partial charge in [0.2, 0.25) is 25.6 Å². The average molecular weight is 336 g/mol. The van der Waals surface area contributed by atoms with Crippen molar-refractivity contribution in [2.75, 3.05) is 0 Å². The van der Waals surface area contributed by atoms with E-state index in [-0.39, 0.29) is 25.6 Å². The average Bonchev–Trinajstić information content (AvgIpc) is 2.50. The van der Waals surface area contributed by atoms with Gasteiger partial charge in [-0.15, -0.1) is 0 Å². The Hall–Kier alpha value is -3.70. The number of carboxylic acids is 2. The van der Waals surface area contributed by atoms with Gasteiger partial charge in [0.15, 0.2) is 0 Å². The zero-order chi connectivity index (χ0) is 18.3. The number of aliphatic imine (C=N–C) groups is 4. The summed E-state index contributed by atoms with van der Waals surface area (Å²) in [7, 11) is 0. The Labute approximate surface area is 132 Å². The summed E-state index contributed by atoms with van der Waals surface area (Å²) in [6, 6.07) is 0. The molecule has 4 amide bonds. The van der Waals surface area contributed by atoms with E-state index in [9.17, 15) is 39.0 Å². The third-order valence-corrected chi connectivity index (χ3v) is 2.88. The molecule has 2 unspecified atom stereocenters. The summed E-state index contributed by atoms with van der Waals surface area (Å²) >= 11 is 0. The van der Waals surface area contributed by atoms with Crippen molar-refractivity contribution in [1.29, 1.82) is 0 Å². The lowest BCUT2D eigenvalue weighted by Gasteiger charge is -2.29. The number of aliphatic carboxylic acids is 2. The number of nitrogens with zero attached hydrogens (tertiary/aromatic N) is 4. The zero-order valence-electron chi connectivity index (χ0n) is 11.6. The fourth-order valence-corrected chi connectivity index (χ4v) is 2.12. The van der Waals surface area contributed by atoms with Crippen molar-refractivity contribution < 1.29 is 39.0 Å². The van der Waals surface area contributed by atoms with Gasteiger partial charge in [0.1, 0.15) is 17.5 Å². The van der Waals surface area contributed by atoms with Crippen LogP contribution < -0.4 is 0 Å². The maximum Gasteiger partial charge on any atom is 0.318 e. The third kappa shape index (κ3) is 3.37. The molecule has 0 saturated heterocycles. The highest BCUT2D eigenvalue weighted by Crippen LogP contribution is 2.23. The highest BCUT2D eigenvalue weighted by atomic mass is 16.4. The van der Waals surface area contributed by atoms with Crippen LogP contribution in [0.2, 0.25) is 0 Å². The molecule has 2 atom stereocenters. The van der Waals surface area contributed by atoms with Crippen LogP contribution in [0.5, 0.6) is 0 Å². The van der Waals surface area contributed by atoms with E-state index in [0.717, 1.165) is 0 Å². The molecule has 2 N–H and O–H groups in total. The van der Waals surface area contributed by atoms with Gasteiger partial charge in [0.05, 0.1) is 17.1 Å². The molecule has 1 fully saturated rings. The lowest BCUT2D eigenvalue weighted by Crippen LogP contribution is -2.54. The molecule has 1 aliphatic carbocycles. The third-order valence-electron chi connectivity index (χ3n) is 2.88. The molecule has 1 rings (SSSR count). The van der Waals surface area contributed by atoms with E-state index in [1.165, 1.54) is 0 Å². The second-order valence-electron chi connectivity index (χ2n) is 4.02. The fourth-order valence-electron chi connectivity index (χ4n) is 2.12. The summed E-state index contributed by atoms with van der Waals surface area (Å²) < 4.78 is 0. The predicted molar refractivity (Wildman–Crippen MR) is 76.2 cm³/mol. The van der Waals surface area contributed by atoms with Crippen molar-refractivity contribution in [3.63, 3.8) is 0 Å². The van der Waals surface area contributed by atoms with E-state index in [0.29, 0.717) is 0 Å². The first kappa shape index (κ1) is 18.3. The first-order valence-electron chi connectivity index (χ1n) is 5.96. The Morgan fingerprint density at radius 1 is 0.708 bits per heavy atom. The topological polar surface area (TPSA) is 192 Å². The second-order valence-corrected chi connectivity index (χ2v) is 4.02. The van der Waals surface area contributed by atoms with Crippen LogP contribution in [0.1, 0.15) is 0 Å². The number of amides is 4. The molecule has 1 aliphatic rings. The van der Waals surface area contributed by atoms with Crippen LogP contribution in [0.25, 0.3) is 0 Å². The Morgan fingerprint density at radius 2 is 1.08 bits per heavy atom. The quantitative estimate of drug-likeness (QED) is 0.509. The number of carbonyl (C=O) groups is 6. The summed E-state index contributed by atoms with van der Waals surface area (Å²) in [6.07, 6.45) is -0.344. The van der Waals surface area contributed by atoms with Gasteiger partial charge in [-0.3, -0.25) is 28.8 Å². The molecule has 0 aromatic heterocycles. The smallest absolute Gasteiger partial charge is 0.318 e. The minimum absolute atomic E-state index is 0.0738. The Kier molecular flexibility index (Phi) is 6.17. The number of rotatable bonds is 6. The summed E-state index contributed by atoms with van der Waals surface area (Å²) in [6.45, 7) is 0. The first-order valence-corrected chi connectivity index (χ1v) is 5.96. The van der Waals surface area contributed by atoms with Gasteiger partial charge in [-0.05, 0) is 0 Å². The second kappa shape index (κ2) is 8.07. The molecular weight excluding hydrogens is 328 g/mol. The molecule has 12 nitrogen and oxygen atoms in total. The van der Waals surface area contributed by atoms with Gasteiger partial charge >= 0.3 is 11.9 Å². The Morgan fingerprint density at radius 3 is 1.38 bits per heavy atom. The molecule has 12 heteroatoms. The molecule has 1 saturated carbocycles. The predicted octanol–water partition coefficient (Wildman–Crippen LogP) is -2.21. The molecule has 0 aliphatic heterocycles. The lowest BCUT2D eigenvalue weighted by atomic mass is 9.75. The van der Waals surface area contributed by atoms with Crippen molar-refractivity contribution >= 4 is 60.4 Å². The maximum atomic E-state index is 11.5. The van der Waals surface area contributed by atoms with Crippen LogP contribution >= 0.6 is 0 Å². The van der Waals surface area contributed by atoms with E-state index in [2.05, 4.69) is 20.0 Å².